The number of H-pyrrole nitrogens is 1. The first-order chi connectivity index (χ1) is 10.1. The van der Waals surface area contributed by atoms with Crippen LogP contribution in [0.1, 0.15) is 10.4 Å². The minimum absolute atomic E-state index is 0.455. The van der Waals surface area contributed by atoms with Crippen molar-refractivity contribution in [3.63, 3.8) is 0 Å². The Morgan fingerprint density at radius 1 is 1.24 bits per heavy atom. The Hall–Kier alpha value is -2.53. The molecule has 5 nitrogen and oxygen atoms in total. The average Bonchev–Trinajstić information content (AvgIpc) is 2.90. The molecule has 3 N–H and O–H groups in total. The summed E-state index contributed by atoms with van der Waals surface area (Å²) < 4.78 is 1.51. The first kappa shape index (κ1) is 13.5. The van der Waals surface area contributed by atoms with Gasteiger partial charge in [0.15, 0.2) is 0 Å². The van der Waals surface area contributed by atoms with Crippen LogP contribution in [-0.4, -0.2) is 23.2 Å². The van der Waals surface area contributed by atoms with Crippen LogP contribution in [0.25, 0.3) is 22.2 Å². The lowest BCUT2D eigenvalue weighted by atomic mass is 10.1. The quantitative estimate of drug-likeness (QED) is 0.730. The molecular weight excluding hydrogens is 288 g/mol. The van der Waals surface area contributed by atoms with Crippen molar-refractivity contribution in [1.29, 1.82) is 0 Å². The molecule has 1 aromatic heterocycles. The van der Waals surface area contributed by atoms with Gasteiger partial charge in [0.25, 0.3) is 0 Å². The highest BCUT2D eigenvalue weighted by molar-refractivity contribution is 6.25. The molecule has 6 heteroatoms. The molecule has 21 heavy (non-hydrogen) atoms. The number of carbonyl (C=O) groups is 1. The minimum atomic E-state index is -0.455. The van der Waals surface area contributed by atoms with Crippen molar-refractivity contribution < 1.29 is 4.79 Å². The number of aromatic nitrogens is 2. The van der Waals surface area contributed by atoms with E-state index in [1.165, 1.54) is 4.42 Å². The maximum absolute atomic E-state index is 11.3. The molecule has 0 aliphatic rings. The van der Waals surface area contributed by atoms with E-state index in [1.807, 2.05) is 24.3 Å². The monoisotopic (exact) mass is 300 g/mol. The van der Waals surface area contributed by atoms with Crippen LogP contribution in [0.15, 0.2) is 42.5 Å². The van der Waals surface area contributed by atoms with Gasteiger partial charge in [0.05, 0.1) is 16.9 Å². The summed E-state index contributed by atoms with van der Waals surface area (Å²) in [7, 11) is 1.76. The number of amides is 1. The van der Waals surface area contributed by atoms with E-state index in [2.05, 4.69) is 10.2 Å². The molecule has 1 heterocycles. The number of anilines is 1. The van der Waals surface area contributed by atoms with Crippen LogP contribution in [-0.2, 0) is 0 Å². The molecule has 106 valence electrons. The first-order valence-corrected chi connectivity index (χ1v) is 6.68. The zero-order chi connectivity index (χ0) is 15.0. The van der Waals surface area contributed by atoms with Crippen LogP contribution >= 0.6 is 11.8 Å². The van der Waals surface area contributed by atoms with E-state index in [-0.39, 0.29) is 0 Å². The Bertz CT molecular complexity index is 808. The van der Waals surface area contributed by atoms with Crippen LogP contribution in [0.4, 0.5) is 5.69 Å². The zero-order valence-corrected chi connectivity index (χ0v) is 12.1. The molecular formula is C15H13ClN4O. The van der Waals surface area contributed by atoms with Gasteiger partial charge in [-0.3, -0.25) is 14.3 Å². The fraction of sp³-hybridized carbons (Fsp3) is 0.0667. The van der Waals surface area contributed by atoms with E-state index in [0.29, 0.717) is 5.56 Å². The number of primary amides is 1. The molecule has 0 bridgehead atoms. The average molecular weight is 301 g/mol. The topological polar surface area (TPSA) is 75.0 Å². The molecule has 2 aromatic carbocycles. The van der Waals surface area contributed by atoms with Gasteiger partial charge in [-0.15, -0.1) is 0 Å². The summed E-state index contributed by atoms with van der Waals surface area (Å²) in [6.07, 6.45) is 0. The first-order valence-electron chi connectivity index (χ1n) is 6.34. The smallest absolute Gasteiger partial charge is 0.248 e. The highest BCUT2D eigenvalue weighted by Gasteiger charge is 2.11. The number of rotatable bonds is 3. The predicted molar refractivity (Wildman–Crippen MR) is 84.3 cm³/mol. The molecule has 3 rings (SSSR count). The normalized spacial score (nSPS) is 10.8. The van der Waals surface area contributed by atoms with Gasteiger partial charge < -0.3 is 5.73 Å². The van der Waals surface area contributed by atoms with Crippen molar-refractivity contribution in [3.05, 3.63) is 48.0 Å². The van der Waals surface area contributed by atoms with E-state index in [0.717, 1.165) is 27.8 Å². The third-order valence-electron chi connectivity index (χ3n) is 3.34. The molecule has 0 unspecified atom stereocenters. The van der Waals surface area contributed by atoms with Crippen LogP contribution in [0.2, 0.25) is 0 Å². The van der Waals surface area contributed by atoms with Gasteiger partial charge in [-0.25, -0.2) is 0 Å². The molecule has 0 fully saturated rings. The maximum atomic E-state index is 11.3. The number of carbonyl (C=O) groups excluding carboxylic acids is 1. The third kappa shape index (κ3) is 2.43. The van der Waals surface area contributed by atoms with Crippen LogP contribution in [0, 0.1) is 0 Å². The standard InChI is InChI=1S/C15H13ClN4O/c1-20(16)11-5-2-9(3-6-11)14-12-8-10(15(17)21)4-7-13(12)18-19-14/h2-8H,1H3,(H2,17,21)(H,18,19). The van der Waals surface area contributed by atoms with Crippen molar-refractivity contribution >= 4 is 34.3 Å². The summed E-state index contributed by atoms with van der Waals surface area (Å²) in [5.41, 5.74) is 9.24. The predicted octanol–water partition coefficient (Wildman–Crippen LogP) is 2.92. The van der Waals surface area contributed by atoms with Gasteiger partial charge in [-0.1, -0.05) is 12.1 Å². The summed E-state index contributed by atoms with van der Waals surface area (Å²) in [4.78, 5) is 11.3. The Balaban J connectivity index is 2.11. The number of nitrogens with two attached hydrogens (primary N) is 1. The highest BCUT2D eigenvalue weighted by Crippen LogP contribution is 2.28. The number of hydrogen-bond acceptors (Lipinski definition) is 3. The van der Waals surface area contributed by atoms with Gasteiger partial charge in [0.2, 0.25) is 5.91 Å². The Labute approximate surface area is 126 Å². The van der Waals surface area contributed by atoms with Crippen LogP contribution < -0.4 is 10.2 Å². The molecule has 1 amide bonds. The summed E-state index contributed by atoms with van der Waals surface area (Å²) in [6.45, 7) is 0. The molecule has 3 aromatic rings. The fourth-order valence-electron chi connectivity index (χ4n) is 2.21. The Kier molecular flexibility index (Phi) is 3.27. The molecule has 0 aliphatic carbocycles. The second-order valence-corrected chi connectivity index (χ2v) is 5.23. The molecule has 0 spiro atoms. The largest absolute Gasteiger partial charge is 0.366 e. The number of benzene rings is 2. The van der Waals surface area contributed by atoms with Crippen molar-refractivity contribution in [3.8, 4) is 11.3 Å². The zero-order valence-electron chi connectivity index (χ0n) is 11.3. The number of fused-ring (bicyclic) bond motifs is 1. The summed E-state index contributed by atoms with van der Waals surface area (Å²) >= 11 is 5.89. The van der Waals surface area contributed by atoms with Gasteiger partial charge >= 0.3 is 0 Å². The van der Waals surface area contributed by atoms with Crippen LogP contribution in [0.3, 0.4) is 0 Å². The number of aromatic amines is 1. The van der Waals surface area contributed by atoms with Crippen molar-refractivity contribution in [2.45, 2.75) is 0 Å². The van der Waals surface area contributed by atoms with E-state index in [4.69, 9.17) is 17.5 Å². The summed E-state index contributed by atoms with van der Waals surface area (Å²) in [5, 5.41) is 8.13. The summed E-state index contributed by atoms with van der Waals surface area (Å²) in [5.74, 6) is -0.455. The van der Waals surface area contributed by atoms with Gasteiger partial charge in [0, 0.05) is 35.3 Å². The third-order valence-corrected chi connectivity index (χ3v) is 3.54. The van der Waals surface area contributed by atoms with Gasteiger partial charge in [-0.05, 0) is 30.3 Å². The number of nitrogens with one attached hydrogen (secondary N) is 1. The van der Waals surface area contributed by atoms with E-state index < -0.39 is 5.91 Å². The highest BCUT2D eigenvalue weighted by atomic mass is 35.5. The number of hydrogen-bond donors (Lipinski definition) is 2. The Morgan fingerprint density at radius 3 is 2.57 bits per heavy atom. The molecule has 0 aliphatic heterocycles. The second-order valence-electron chi connectivity index (χ2n) is 4.72. The molecule has 0 radical (unpaired) electrons. The van der Waals surface area contributed by atoms with E-state index in [9.17, 15) is 4.79 Å². The lowest BCUT2D eigenvalue weighted by molar-refractivity contribution is 0.100. The SMILES string of the molecule is CN(Cl)c1ccc(-c2n[nH]c3ccc(C(N)=O)cc23)cc1. The Morgan fingerprint density at radius 2 is 1.95 bits per heavy atom. The second kappa shape index (κ2) is 5.10. The van der Waals surface area contributed by atoms with Gasteiger partial charge in [0.1, 0.15) is 0 Å². The minimum Gasteiger partial charge on any atom is -0.366 e. The number of halogens is 1. The van der Waals surface area contributed by atoms with Crippen molar-refractivity contribution in [1.82, 2.24) is 10.2 Å². The lowest BCUT2D eigenvalue weighted by Gasteiger charge is -2.08. The molecule has 0 saturated carbocycles. The molecule has 0 atom stereocenters. The molecule has 0 saturated heterocycles. The van der Waals surface area contributed by atoms with E-state index in [1.54, 1.807) is 25.2 Å². The van der Waals surface area contributed by atoms with Crippen LogP contribution in [0.5, 0.6) is 0 Å². The maximum Gasteiger partial charge on any atom is 0.248 e. The number of nitrogens with zero attached hydrogens (tertiary/aromatic N) is 2. The van der Waals surface area contributed by atoms with Crippen molar-refractivity contribution in [2.75, 3.05) is 11.5 Å². The van der Waals surface area contributed by atoms with E-state index >= 15 is 0 Å². The van der Waals surface area contributed by atoms with Gasteiger partial charge in [-0.2, -0.15) is 5.10 Å². The summed E-state index contributed by atoms with van der Waals surface area (Å²) in [6, 6.07) is 12.9. The lowest BCUT2D eigenvalue weighted by Crippen LogP contribution is -2.10. The van der Waals surface area contributed by atoms with Crippen molar-refractivity contribution in [2.24, 2.45) is 5.73 Å². The fourth-order valence-corrected chi connectivity index (χ4v) is 2.32.